The Labute approximate surface area is 192 Å². The van der Waals surface area contributed by atoms with Crippen molar-refractivity contribution >= 4 is 18.3 Å². The number of hydrogen-bond acceptors (Lipinski definition) is 5. The van der Waals surface area contributed by atoms with Gasteiger partial charge in [-0.2, -0.15) is 0 Å². The fraction of sp³-hybridized carbons (Fsp3) is 0.560. The van der Waals surface area contributed by atoms with Crippen LogP contribution in [0.4, 0.5) is 0 Å². The molecule has 0 saturated heterocycles. The van der Waals surface area contributed by atoms with Gasteiger partial charge in [0.15, 0.2) is 6.04 Å². The molecular formula is C25H39N3O4. The van der Waals surface area contributed by atoms with E-state index in [-0.39, 0.29) is 30.4 Å². The normalized spacial score (nSPS) is 14.6. The monoisotopic (exact) mass is 445 g/mol. The fourth-order valence-electron chi connectivity index (χ4n) is 3.35. The first kappa shape index (κ1) is 27.2. The quantitative estimate of drug-likeness (QED) is 0.318. The highest BCUT2D eigenvalue weighted by molar-refractivity contribution is 5.80. The molecule has 3 N–H and O–H groups in total. The lowest BCUT2D eigenvalue weighted by Gasteiger charge is -2.27. The summed E-state index contributed by atoms with van der Waals surface area (Å²) in [6, 6.07) is 8.40. The van der Waals surface area contributed by atoms with E-state index in [9.17, 15) is 14.4 Å². The summed E-state index contributed by atoms with van der Waals surface area (Å²) < 4.78 is 5.63. The number of carbonyl (C=O) groups is 3. The Bertz CT molecular complexity index is 756. The van der Waals surface area contributed by atoms with Crippen molar-refractivity contribution in [1.82, 2.24) is 16.0 Å². The third-order valence-corrected chi connectivity index (χ3v) is 4.88. The molecule has 1 aromatic rings. The van der Waals surface area contributed by atoms with Gasteiger partial charge < -0.3 is 20.7 Å². The van der Waals surface area contributed by atoms with Crippen LogP contribution in [0.1, 0.15) is 72.4 Å². The number of allylic oxidation sites excluding steroid dienone is 1. The lowest BCUT2D eigenvalue weighted by atomic mass is 9.95. The molecule has 2 amide bonds. The molecule has 0 radical (unpaired) electrons. The summed E-state index contributed by atoms with van der Waals surface area (Å²) in [5.41, 5.74) is 0.888. The molecule has 3 unspecified atom stereocenters. The number of benzene rings is 1. The van der Waals surface area contributed by atoms with E-state index in [4.69, 9.17) is 4.74 Å². The fourth-order valence-corrected chi connectivity index (χ4v) is 3.35. The van der Waals surface area contributed by atoms with Crippen molar-refractivity contribution in [3.05, 3.63) is 47.7 Å². The van der Waals surface area contributed by atoms with Gasteiger partial charge in [0.05, 0.1) is 12.5 Å². The average Bonchev–Trinajstić information content (AvgIpc) is 2.73. The second-order valence-corrected chi connectivity index (χ2v) is 8.85. The molecule has 0 saturated carbocycles. The second-order valence-electron chi connectivity index (χ2n) is 8.85. The molecule has 0 aliphatic heterocycles. The predicted molar refractivity (Wildman–Crippen MR) is 127 cm³/mol. The maximum absolute atomic E-state index is 13.0. The Morgan fingerprint density at radius 3 is 2.31 bits per heavy atom. The third kappa shape index (κ3) is 9.54. The number of esters is 1. The molecule has 7 nitrogen and oxygen atoms in total. The van der Waals surface area contributed by atoms with E-state index >= 15 is 0 Å². The van der Waals surface area contributed by atoms with E-state index in [0.29, 0.717) is 12.8 Å². The highest BCUT2D eigenvalue weighted by atomic mass is 16.6. The average molecular weight is 446 g/mol. The zero-order valence-corrected chi connectivity index (χ0v) is 20.2. The van der Waals surface area contributed by atoms with Crippen molar-refractivity contribution in [1.29, 1.82) is 0 Å². The smallest absolute Gasteiger partial charge is 0.333 e. The van der Waals surface area contributed by atoms with Gasteiger partial charge in [0.1, 0.15) is 5.60 Å². The molecule has 1 aromatic carbocycles. The Morgan fingerprint density at radius 1 is 1.12 bits per heavy atom. The molecule has 0 aliphatic rings. The van der Waals surface area contributed by atoms with Gasteiger partial charge in [0.2, 0.25) is 12.3 Å². The molecule has 178 valence electrons. The number of amides is 2. The summed E-state index contributed by atoms with van der Waals surface area (Å²) in [6.45, 7) is 11.6. The van der Waals surface area contributed by atoms with Crippen LogP contribution in [0, 0.1) is 5.92 Å². The first-order chi connectivity index (χ1) is 15.1. The van der Waals surface area contributed by atoms with Crippen LogP contribution in [-0.4, -0.2) is 36.5 Å². The lowest BCUT2D eigenvalue weighted by molar-refractivity contribution is -0.157. The highest BCUT2D eigenvalue weighted by Gasteiger charge is 2.28. The number of rotatable bonds is 13. The van der Waals surface area contributed by atoms with Crippen LogP contribution in [0.5, 0.6) is 0 Å². The van der Waals surface area contributed by atoms with Crippen molar-refractivity contribution in [2.45, 2.75) is 78.5 Å². The van der Waals surface area contributed by atoms with Crippen molar-refractivity contribution in [3.8, 4) is 0 Å². The maximum Gasteiger partial charge on any atom is 0.333 e. The first-order valence-corrected chi connectivity index (χ1v) is 11.3. The number of ether oxygens (including phenoxy) is 1. The second kappa shape index (κ2) is 13.6. The van der Waals surface area contributed by atoms with Crippen molar-refractivity contribution in [3.63, 3.8) is 0 Å². The van der Waals surface area contributed by atoms with Crippen LogP contribution in [0.15, 0.2) is 42.1 Å². The Balaban J connectivity index is 2.99. The minimum absolute atomic E-state index is 0.133. The van der Waals surface area contributed by atoms with Gasteiger partial charge in [-0.15, -0.1) is 0 Å². The van der Waals surface area contributed by atoms with E-state index < -0.39 is 11.6 Å². The molecule has 1 rings (SSSR count). The molecule has 0 heterocycles. The maximum atomic E-state index is 13.0. The summed E-state index contributed by atoms with van der Waals surface area (Å²) in [5.74, 6) is -0.848. The lowest BCUT2D eigenvalue weighted by Crippen LogP contribution is -2.44. The Hall–Kier alpha value is -2.83. The van der Waals surface area contributed by atoms with Crippen LogP contribution in [0.25, 0.3) is 0 Å². The van der Waals surface area contributed by atoms with Crippen LogP contribution in [-0.2, 0) is 19.1 Å². The molecule has 32 heavy (non-hydrogen) atoms. The Morgan fingerprint density at radius 2 is 1.78 bits per heavy atom. The van der Waals surface area contributed by atoms with Crippen molar-refractivity contribution < 1.29 is 19.1 Å². The molecule has 0 spiro atoms. The van der Waals surface area contributed by atoms with Crippen LogP contribution in [0.3, 0.4) is 0 Å². The molecule has 7 heteroatoms. The first-order valence-electron chi connectivity index (χ1n) is 11.3. The van der Waals surface area contributed by atoms with Gasteiger partial charge in [0, 0.05) is 11.7 Å². The molecule has 0 bridgehead atoms. The summed E-state index contributed by atoms with van der Waals surface area (Å²) in [7, 11) is 0. The SMILES string of the molecule is CC/C=C(\CNC(=O)C(CCC)C(C)NC=O)NC(C(=O)OC(C)(C)C)c1ccccc1. The van der Waals surface area contributed by atoms with Crippen molar-refractivity contribution in [2.75, 3.05) is 6.54 Å². The minimum Gasteiger partial charge on any atom is -0.458 e. The van der Waals surface area contributed by atoms with E-state index in [1.807, 2.05) is 78.0 Å². The summed E-state index contributed by atoms with van der Waals surface area (Å²) in [4.78, 5) is 36.6. The van der Waals surface area contributed by atoms with Gasteiger partial charge >= 0.3 is 5.97 Å². The largest absolute Gasteiger partial charge is 0.458 e. The third-order valence-electron chi connectivity index (χ3n) is 4.88. The number of hydrogen-bond donors (Lipinski definition) is 3. The molecule has 0 fully saturated rings. The van der Waals surface area contributed by atoms with E-state index in [0.717, 1.165) is 24.1 Å². The van der Waals surface area contributed by atoms with E-state index in [1.54, 1.807) is 0 Å². The van der Waals surface area contributed by atoms with Gasteiger partial charge in [-0.3, -0.25) is 9.59 Å². The summed E-state index contributed by atoms with van der Waals surface area (Å²) >= 11 is 0. The molecule has 3 atom stereocenters. The molecule has 0 aromatic heterocycles. The standard InChI is InChI=1S/C25H39N3O4/c1-7-12-20(16-26-23(30)21(13-8-2)18(3)27-17-29)28-22(19-14-10-9-11-15-19)24(31)32-25(4,5)6/h9-12,14-15,17-18,21-22,28H,7-8,13,16H2,1-6H3,(H,26,30)(H,27,29)/b20-12+. The van der Waals surface area contributed by atoms with Gasteiger partial charge in [-0.05, 0) is 46.1 Å². The van der Waals surface area contributed by atoms with Crippen LogP contribution < -0.4 is 16.0 Å². The van der Waals surface area contributed by atoms with Crippen LogP contribution in [0.2, 0.25) is 0 Å². The minimum atomic E-state index is -0.702. The Kier molecular flexibility index (Phi) is 11.5. The number of carbonyl (C=O) groups excluding carboxylic acids is 3. The number of nitrogens with one attached hydrogen (secondary N) is 3. The van der Waals surface area contributed by atoms with Gasteiger partial charge in [-0.1, -0.05) is 56.7 Å². The highest BCUT2D eigenvalue weighted by Crippen LogP contribution is 2.20. The topological polar surface area (TPSA) is 96.5 Å². The summed E-state index contributed by atoms with van der Waals surface area (Å²) in [6.07, 6.45) is 4.79. The van der Waals surface area contributed by atoms with Crippen molar-refractivity contribution in [2.24, 2.45) is 5.92 Å². The van der Waals surface area contributed by atoms with Gasteiger partial charge in [-0.25, -0.2) is 4.79 Å². The molecular weight excluding hydrogens is 406 g/mol. The zero-order valence-electron chi connectivity index (χ0n) is 20.2. The van der Waals surface area contributed by atoms with Crippen LogP contribution >= 0.6 is 0 Å². The molecule has 0 aliphatic carbocycles. The zero-order chi connectivity index (χ0) is 24.1. The van der Waals surface area contributed by atoms with Gasteiger partial charge in [0.25, 0.3) is 0 Å². The predicted octanol–water partition coefficient (Wildman–Crippen LogP) is 3.62. The van der Waals surface area contributed by atoms with E-state index in [1.165, 1.54) is 0 Å². The summed E-state index contributed by atoms with van der Waals surface area (Å²) in [5, 5.41) is 8.91. The van der Waals surface area contributed by atoms with E-state index in [2.05, 4.69) is 16.0 Å².